The van der Waals surface area contributed by atoms with Crippen LogP contribution in [0.4, 0.5) is 0 Å². The van der Waals surface area contributed by atoms with Gasteiger partial charge in [-0.2, -0.15) is 0 Å². The van der Waals surface area contributed by atoms with Crippen LogP contribution in [0.1, 0.15) is 48.0 Å². The summed E-state index contributed by atoms with van der Waals surface area (Å²) in [6, 6.07) is 4.44. The zero-order valence-electron chi connectivity index (χ0n) is 18.7. The molecule has 1 aromatic heterocycles. The molecule has 154 valence electrons. The van der Waals surface area contributed by atoms with Gasteiger partial charge in [0.25, 0.3) is 0 Å². The Labute approximate surface area is 164 Å². The minimum atomic E-state index is -5.91. The van der Waals surface area contributed by atoms with Crippen LogP contribution >= 0.6 is 24.8 Å². The van der Waals surface area contributed by atoms with Gasteiger partial charge < -0.3 is 0 Å². The fourth-order valence-corrected chi connectivity index (χ4v) is 22.8. The number of H-pyrrole nitrogens is 1. The van der Waals surface area contributed by atoms with Crippen molar-refractivity contribution in [1.29, 1.82) is 0 Å². The molecule has 0 unspecified atom stereocenters. The summed E-state index contributed by atoms with van der Waals surface area (Å²) in [4.78, 5) is 9.32. The first-order chi connectivity index (χ1) is 10.0. The summed E-state index contributed by atoms with van der Waals surface area (Å²) in [6.07, 6.45) is 9.91. The number of aromatic amines is 1. The van der Waals surface area contributed by atoms with Crippen LogP contribution in [-0.4, -0.2) is 9.80 Å². The predicted octanol–water partition coefficient (Wildman–Crippen LogP) is 8.22. The third kappa shape index (κ3) is 1.43. The molecule has 1 N–H and O–H groups in total. The topological polar surface area (TPSA) is 15.8 Å². The Morgan fingerprint density at radius 2 is 1.38 bits per heavy atom. The molecule has 1 nitrogen and oxygen atoms in total. The van der Waals surface area contributed by atoms with E-state index in [1.54, 1.807) is 0 Å². The quantitative estimate of drug-likeness (QED) is 0.446. The molecule has 26 heavy (non-hydrogen) atoms. The molecule has 0 atom stereocenters. The molecule has 0 amide bonds. The number of hydrogen-bond acceptors (Lipinski definition) is 0. The first-order valence-electron chi connectivity index (χ1n) is 9.56. The van der Waals surface area contributed by atoms with Crippen LogP contribution in [-0.2, 0) is 9.71 Å². The molecule has 0 aromatic carbocycles. The average Bonchev–Trinajstić information content (AvgIpc) is 3.01. The van der Waals surface area contributed by atoms with E-state index in [1.165, 1.54) is 7.88 Å². The number of allylic oxidation sites excluding steroid dienone is 4. The van der Waals surface area contributed by atoms with E-state index in [4.69, 9.17) is 4.82 Å². The molecule has 2 rings (SSSR count). The van der Waals surface area contributed by atoms with Crippen molar-refractivity contribution >= 4 is 33.6 Å². The van der Waals surface area contributed by atoms with Gasteiger partial charge in [-0.3, -0.25) is 0 Å². The normalized spacial score (nSPS) is 23.5. The number of halogens is 2. The Balaban J connectivity index is 0.00000312. The first kappa shape index (κ1) is 25.9. The molecule has 0 fully saturated rings. The Morgan fingerprint density at radius 3 is 1.65 bits per heavy atom. The van der Waals surface area contributed by atoms with Gasteiger partial charge in [0, 0.05) is 0 Å². The van der Waals surface area contributed by atoms with Crippen LogP contribution in [0.3, 0.4) is 0 Å². The SMILES string of the molecule is Cl.Cl.[CH2]=[Ti]([CH3])([CH3])([CH3])([CH3])([C]1=CC=CC1)([c]1ccc[nH]1)([C](C)(C)C)[C](C)(C)C. The maximum absolute atomic E-state index is 5.91. The summed E-state index contributed by atoms with van der Waals surface area (Å²) in [6.45, 7) is 14.5. The van der Waals surface area contributed by atoms with Crippen LogP contribution in [0, 0.1) is 0 Å². The predicted molar refractivity (Wildman–Crippen MR) is 127 cm³/mol. The van der Waals surface area contributed by atoms with Crippen LogP contribution in [0.5, 0.6) is 0 Å². The molecule has 0 spiro atoms. The van der Waals surface area contributed by atoms with E-state index in [9.17, 15) is 0 Å². The molecule has 1 heterocycles. The van der Waals surface area contributed by atoms with Gasteiger partial charge in [-0.25, -0.2) is 0 Å². The second-order valence-electron chi connectivity index (χ2n) is 16.8. The number of aromatic nitrogens is 1. The Bertz CT molecular complexity index is 983. The van der Waals surface area contributed by atoms with E-state index < -0.39 is 9.71 Å². The third-order valence-corrected chi connectivity index (χ3v) is 55.9. The van der Waals surface area contributed by atoms with E-state index in [2.05, 4.69) is 104 Å². The molecule has 1 aliphatic rings. The van der Waals surface area contributed by atoms with Crippen LogP contribution < -0.4 is 4.00 Å². The zero-order valence-corrected chi connectivity index (χ0v) is 21.9. The van der Waals surface area contributed by atoms with E-state index in [0.717, 1.165) is 6.42 Å². The average molecular weight is 440 g/mol. The van der Waals surface area contributed by atoms with Crippen molar-refractivity contribution in [2.24, 2.45) is 0 Å². The summed E-state index contributed by atoms with van der Waals surface area (Å²) in [5.74, 6) is 0. The molecular weight excluding hydrogens is 397 g/mol. The molecule has 1 aliphatic carbocycles. The van der Waals surface area contributed by atoms with Gasteiger partial charge in [0.1, 0.15) is 0 Å². The van der Waals surface area contributed by atoms with Gasteiger partial charge in [0.2, 0.25) is 0 Å². The fourth-order valence-electron chi connectivity index (χ4n) is 5.96. The molecule has 0 saturated heterocycles. The molecular formula is C22H43Cl2NTi. The van der Waals surface area contributed by atoms with Crippen LogP contribution in [0.25, 0.3) is 0 Å². The molecule has 0 bridgehead atoms. The summed E-state index contributed by atoms with van der Waals surface area (Å²) in [5.41, 5.74) is 0. The Kier molecular flexibility index (Phi) is 3.71. The number of rotatable bonds is 2. The zero-order chi connectivity index (χ0) is 19.1. The van der Waals surface area contributed by atoms with Gasteiger partial charge in [-0.15, -0.1) is 24.8 Å². The van der Waals surface area contributed by atoms with Crippen molar-refractivity contribution < 1.29 is 9.71 Å². The maximum atomic E-state index is 5.61. The van der Waals surface area contributed by atoms with Gasteiger partial charge in [0.15, 0.2) is 0 Å². The van der Waals surface area contributed by atoms with E-state index in [-0.39, 0.29) is 32.3 Å². The fraction of sp³-hybridized carbons (Fsp3) is 0.591. The monoisotopic (exact) mass is 439 g/mol. The molecule has 0 aliphatic heterocycles. The van der Waals surface area contributed by atoms with Crippen molar-refractivity contribution in [1.82, 2.24) is 4.98 Å². The van der Waals surface area contributed by atoms with Gasteiger partial charge in [-0.1, -0.05) is 0 Å². The Hall–Kier alpha value is -0.0757. The van der Waals surface area contributed by atoms with Crippen molar-refractivity contribution in [3.05, 3.63) is 40.4 Å². The van der Waals surface area contributed by atoms with Crippen molar-refractivity contribution in [2.75, 3.05) is 0 Å². The molecule has 0 radical (unpaired) electrons. The first-order valence-corrected chi connectivity index (χ1v) is 20.0. The van der Waals surface area contributed by atoms with Gasteiger partial charge >= 0.3 is 140 Å². The van der Waals surface area contributed by atoms with Crippen LogP contribution in [0.2, 0.25) is 28.4 Å². The van der Waals surface area contributed by atoms with Crippen molar-refractivity contribution in [3.63, 3.8) is 0 Å². The minimum absolute atomic E-state index is 0. The Morgan fingerprint density at radius 1 is 0.923 bits per heavy atom. The molecule has 0 saturated carbocycles. The summed E-state index contributed by atoms with van der Waals surface area (Å²) >= 11 is 0. The second-order valence-corrected chi connectivity index (χ2v) is 54.1. The molecule has 4 heteroatoms. The second kappa shape index (κ2) is 3.72. The summed E-state index contributed by atoms with van der Waals surface area (Å²) in [5, 5.41) is 10.3. The summed E-state index contributed by atoms with van der Waals surface area (Å²) < 4.78 is 2.53. The number of hydrogen-bond donors (Lipinski definition) is 1. The standard InChI is InChI=1S/C5H5.C4H4N.2C4H9.4CH3.CH2.2ClH.Ti/c2*1-2-4-5-3-1;2*1-4(2)3;;;;;;;;/h1-3H,4H2;1-3,5H;2*1-3H3;4*1H3;1H2;2*1H;. The number of nitrogens with one attached hydrogen (secondary N) is 1. The van der Waals surface area contributed by atoms with E-state index >= 15 is 0 Å². The summed E-state index contributed by atoms with van der Waals surface area (Å²) in [7, 11) is -5.91. The third-order valence-electron chi connectivity index (χ3n) is 14.3. The van der Waals surface area contributed by atoms with Crippen molar-refractivity contribution in [3.8, 4) is 0 Å². The van der Waals surface area contributed by atoms with Crippen molar-refractivity contribution in [2.45, 2.75) is 76.3 Å². The molecule has 1 aromatic rings. The van der Waals surface area contributed by atoms with Gasteiger partial charge in [0.05, 0.1) is 0 Å². The van der Waals surface area contributed by atoms with E-state index in [0.29, 0.717) is 0 Å². The van der Waals surface area contributed by atoms with E-state index in [1.807, 2.05) is 0 Å². The van der Waals surface area contributed by atoms with Gasteiger partial charge in [-0.05, 0) is 0 Å². The van der Waals surface area contributed by atoms with Crippen LogP contribution in [0.15, 0.2) is 40.4 Å².